The maximum atomic E-state index is 6.01. The summed E-state index contributed by atoms with van der Waals surface area (Å²) in [6.45, 7) is 4.75. The number of benzene rings is 2. The number of nitrogens with two attached hydrogens (primary N) is 1. The first kappa shape index (κ1) is 15.1. The Balaban J connectivity index is 2.03. The highest BCUT2D eigenvalue weighted by atomic mass is 35.5. The number of hydrazone groups is 1. The zero-order valence-corrected chi connectivity index (χ0v) is 13.6. The van der Waals surface area contributed by atoms with E-state index in [1.807, 2.05) is 12.1 Å². The van der Waals surface area contributed by atoms with Gasteiger partial charge in [-0.1, -0.05) is 35.9 Å². The lowest BCUT2D eigenvalue weighted by Gasteiger charge is -2.26. The Hall–Kier alpha value is -1.84. The molecule has 1 aliphatic rings. The average Bonchev–Trinajstić information content (AvgIpc) is 2.95. The number of rotatable bonds is 3. The van der Waals surface area contributed by atoms with Crippen LogP contribution in [0.1, 0.15) is 29.2 Å². The number of nitrogens with zero attached hydrogens (tertiary/aromatic N) is 2. The molecule has 1 unspecified atom stereocenters. The first-order valence-corrected chi connectivity index (χ1v) is 7.85. The molecule has 4 heteroatoms. The Labute approximate surface area is 136 Å². The van der Waals surface area contributed by atoms with Gasteiger partial charge in [0.15, 0.2) is 0 Å². The van der Waals surface area contributed by atoms with Crippen molar-refractivity contribution in [3.8, 4) is 0 Å². The highest BCUT2D eigenvalue weighted by molar-refractivity contribution is 6.30. The van der Waals surface area contributed by atoms with Gasteiger partial charge in [0.2, 0.25) is 0 Å². The zero-order valence-electron chi connectivity index (χ0n) is 12.9. The van der Waals surface area contributed by atoms with Crippen molar-refractivity contribution in [3.05, 3.63) is 64.2 Å². The van der Waals surface area contributed by atoms with Gasteiger partial charge in [-0.25, -0.2) is 0 Å². The molecule has 2 aromatic rings. The van der Waals surface area contributed by atoms with Crippen LogP contribution in [-0.4, -0.2) is 12.3 Å². The Morgan fingerprint density at radius 2 is 1.91 bits per heavy atom. The smallest absolute Gasteiger partial charge is 0.0828 e. The molecular weight excluding hydrogens is 294 g/mol. The molecule has 0 aromatic heterocycles. The third-order valence-corrected chi connectivity index (χ3v) is 4.54. The minimum absolute atomic E-state index is 0.177. The van der Waals surface area contributed by atoms with Gasteiger partial charge < -0.3 is 5.73 Å². The van der Waals surface area contributed by atoms with Crippen molar-refractivity contribution in [3.63, 3.8) is 0 Å². The Morgan fingerprint density at radius 1 is 1.18 bits per heavy atom. The van der Waals surface area contributed by atoms with Crippen LogP contribution in [-0.2, 0) is 0 Å². The first-order valence-electron chi connectivity index (χ1n) is 7.47. The third kappa shape index (κ3) is 2.74. The molecule has 0 saturated carbocycles. The molecule has 2 N–H and O–H groups in total. The van der Waals surface area contributed by atoms with E-state index in [1.165, 1.54) is 16.7 Å². The molecule has 22 heavy (non-hydrogen) atoms. The summed E-state index contributed by atoms with van der Waals surface area (Å²) in [5, 5.41) is 7.61. The van der Waals surface area contributed by atoms with Crippen LogP contribution in [0.5, 0.6) is 0 Å². The van der Waals surface area contributed by atoms with E-state index in [0.717, 1.165) is 22.8 Å². The predicted octanol–water partition coefficient (Wildman–Crippen LogP) is 4.22. The molecule has 1 heterocycles. The summed E-state index contributed by atoms with van der Waals surface area (Å²) in [7, 11) is 0. The number of hydrogen-bond donors (Lipinski definition) is 1. The molecule has 0 bridgehead atoms. The highest BCUT2D eigenvalue weighted by Crippen LogP contribution is 2.37. The molecule has 0 aliphatic carbocycles. The molecule has 3 rings (SSSR count). The molecule has 3 nitrogen and oxygen atoms in total. The van der Waals surface area contributed by atoms with E-state index >= 15 is 0 Å². The lowest BCUT2D eigenvalue weighted by Crippen LogP contribution is -2.19. The summed E-state index contributed by atoms with van der Waals surface area (Å²) in [5.41, 5.74) is 11.7. The van der Waals surface area contributed by atoms with Gasteiger partial charge in [0.05, 0.1) is 17.4 Å². The van der Waals surface area contributed by atoms with E-state index in [9.17, 15) is 0 Å². The molecule has 114 valence electrons. The quantitative estimate of drug-likeness (QED) is 0.921. The van der Waals surface area contributed by atoms with Crippen LogP contribution in [0, 0.1) is 13.8 Å². The second-order valence-electron chi connectivity index (χ2n) is 5.71. The maximum absolute atomic E-state index is 6.01. The lowest BCUT2D eigenvalue weighted by atomic mass is 10.00. The molecule has 0 spiro atoms. The van der Waals surface area contributed by atoms with Crippen LogP contribution in [0.25, 0.3) is 0 Å². The minimum atomic E-state index is 0.177. The average molecular weight is 314 g/mol. The highest BCUT2D eigenvalue weighted by Gasteiger charge is 2.29. The van der Waals surface area contributed by atoms with Crippen LogP contribution in [0.3, 0.4) is 0 Å². The maximum Gasteiger partial charge on any atom is 0.0828 e. The standard InChI is InChI=1S/C18H20ClN3/c1-12-4-3-5-17(13(12)2)22-18(10-16(11-20)21-22)14-6-8-15(19)9-7-14/h3-9,18H,10-11,20H2,1-2H3. The molecular formula is C18H20ClN3. The zero-order chi connectivity index (χ0) is 15.7. The molecule has 2 aromatic carbocycles. The Kier molecular flexibility index (Phi) is 4.19. The van der Waals surface area contributed by atoms with Gasteiger partial charge in [0, 0.05) is 18.0 Å². The summed E-state index contributed by atoms with van der Waals surface area (Å²) < 4.78 is 0. The van der Waals surface area contributed by atoms with E-state index in [1.54, 1.807) is 0 Å². The second-order valence-corrected chi connectivity index (χ2v) is 6.14. The van der Waals surface area contributed by atoms with Gasteiger partial charge >= 0.3 is 0 Å². The summed E-state index contributed by atoms with van der Waals surface area (Å²) in [6, 6.07) is 14.5. The number of hydrogen-bond acceptors (Lipinski definition) is 3. The van der Waals surface area contributed by atoms with Crippen molar-refractivity contribution in [2.24, 2.45) is 10.8 Å². The van der Waals surface area contributed by atoms with Crippen molar-refractivity contribution in [1.29, 1.82) is 0 Å². The topological polar surface area (TPSA) is 41.6 Å². The van der Waals surface area contributed by atoms with E-state index < -0.39 is 0 Å². The molecule has 0 radical (unpaired) electrons. The first-order chi connectivity index (χ1) is 10.6. The SMILES string of the molecule is Cc1cccc(N2N=C(CN)CC2c2ccc(Cl)cc2)c1C. The minimum Gasteiger partial charge on any atom is -0.325 e. The van der Waals surface area contributed by atoms with E-state index in [0.29, 0.717) is 6.54 Å². The normalized spacial score (nSPS) is 17.7. The third-order valence-electron chi connectivity index (χ3n) is 4.29. The van der Waals surface area contributed by atoms with Crippen LogP contribution < -0.4 is 10.7 Å². The Bertz CT molecular complexity index is 707. The fourth-order valence-electron chi connectivity index (χ4n) is 2.85. The van der Waals surface area contributed by atoms with E-state index in [4.69, 9.17) is 22.4 Å². The van der Waals surface area contributed by atoms with Gasteiger partial charge in [-0.15, -0.1) is 0 Å². The van der Waals surface area contributed by atoms with Gasteiger partial charge in [-0.3, -0.25) is 5.01 Å². The number of anilines is 1. The molecule has 0 amide bonds. The molecule has 0 fully saturated rings. The second kappa shape index (κ2) is 6.11. The lowest BCUT2D eigenvalue weighted by molar-refractivity contribution is 0.706. The summed E-state index contributed by atoms with van der Waals surface area (Å²) >= 11 is 6.01. The van der Waals surface area contributed by atoms with Crippen LogP contribution >= 0.6 is 11.6 Å². The van der Waals surface area contributed by atoms with Crippen LogP contribution in [0.4, 0.5) is 5.69 Å². The number of aryl methyl sites for hydroxylation is 1. The van der Waals surface area contributed by atoms with Crippen molar-refractivity contribution < 1.29 is 0 Å². The molecule has 0 saturated heterocycles. The number of halogens is 1. The van der Waals surface area contributed by atoms with Crippen molar-refractivity contribution >= 4 is 23.0 Å². The van der Waals surface area contributed by atoms with Crippen molar-refractivity contribution in [2.45, 2.75) is 26.3 Å². The predicted molar refractivity (Wildman–Crippen MR) is 93.7 cm³/mol. The van der Waals surface area contributed by atoms with Crippen molar-refractivity contribution in [1.82, 2.24) is 0 Å². The van der Waals surface area contributed by atoms with Gasteiger partial charge in [0.1, 0.15) is 0 Å². The van der Waals surface area contributed by atoms with Crippen LogP contribution in [0.2, 0.25) is 5.02 Å². The van der Waals surface area contributed by atoms with E-state index in [-0.39, 0.29) is 6.04 Å². The summed E-state index contributed by atoms with van der Waals surface area (Å²) in [5.74, 6) is 0. The van der Waals surface area contributed by atoms with Crippen LogP contribution in [0.15, 0.2) is 47.6 Å². The largest absolute Gasteiger partial charge is 0.325 e. The van der Waals surface area contributed by atoms with E-state index in [2.05, 4.69) is 49.2 Å². The Morgan fingerprint density at radius 3 is 2.59 bits per heavy atom. The van der Waals surface area contributed by atoms with Gasteiger partial charge in [-0.2, -0.15) is 5.10 Å². The monoisotopic (exact) mass is 313 g/mol. The fraction of sp³-hybridized carbons (Fsp3) is 0.278. The van der Waals surface area contributed by atoms with Crippen molar-refractivity contribution in [2.75, 3.05) is 11.6 Å². The summed E-state index contributed by atoms with van der Waals surface area (Å²) in [6.07, 6.45) is 0.853. The molecule has 1 aliphatic heterocycles. The summed E-state index contributed by atoms with van der Waals surface area (Å²) in [4.78, 5) is 0. The molecule has 1 atom stereocenters. The fourth-order valence-corrected chi connectivity index (χ4v) is 2.97. The van der Waals surface area contributed by atoms with Gasteiger partial charge in [0.25, 0.3) is 0 Å². The van der Waals surface area contributed by atoms with Gasteiger partial charge in [-0.05, 0) is 48.7 Å².